The van der Waals surface area contributed by atoms with Gasteiger partial charge in [0, 0.05) is 39.4 Å². The average Bonchev–Trinajstić information content (AvgIpc) is 2.90. The van der Waals surface area contributed by atoms with Crippen molar-refractivity contribution >= 4 is 23.4 Å². The maximum Gasteiger partial charge on any atom is 0.323 e. The number of hydrogen-bond donors (Lipinski definition) is 2. The predicted molar refractivity (Wildman–Crippen MR) is 109 cm³/mol. The summed E-state index contributed by atoms with van der Waals surface area (Å²) >= 11 is 0. The van der Waals surface area contributed by atoms with Gasteiger partial charge in [-0.3, -0.25) is 5.32 Å². The zero-order chi connectivity index (χ0) is 19.2. The Balaban J connectivity index is 1.52. The first-order valence-corrected chi connectivity index (χ1v) is 9.40. The molecular formula is C20H28N6O. The van der Waals surface area contributed by atoms with Gasteiger partial charge in [0.1, 0.15) is 11.6 Å². The van der Waals surface area contributed by atoms with Crippen LogP contribution in [0.2, 0.25) is 0 Å². The molecule has 1 aliphatic rings. The highest BCUT2D eigenvalue weighted by molar-refractivity contribution is 5.88. The molecule has 7 heteroatoms. The molecule has 2 aromatic rings. The highest BCUT2D eigenvalue weighted by atomic mass is 16.2. The van der Waals surface area contributed by atoms with E-state index in [2.05, 4.69) is 26.7 Å². The Labute approximate surface area is 160 Å². The Morgan fingerprint density at radius 3 is 2.63 bits per heavy atom. The Hall–Kier alpha value is -2.83. The lowest BCUT2D eigenvalue weighted by Crippen LogP contribution is -2.36. The van der Waals surface area contributed by atoms with Crippen molar-refractivity contribution in [3.05, 3.63) is 42.2 Å². The summed E-state index contributed by atoms with van der Waals surface area (Å²) < 4.78 is 0. The van der Waals surface area contributed by atoms with E-state index < -0.39 is 0 Å². The van der Waals surface area contributed by atoms with Gasteiger partial charge in [0.2, 0.25) is 0 Å². The maximum atomic E-state index is 12.5. The molecule has 0 radical (unpaired) electrons. The van der Waals surface area contributed by atoms with Gasteiger partial charge in [-0.1, -0.05) is 6.07 Å². The summed E-state index contributed by atoms with van der Waals surface area (Å²) in [6.07, 6.45) is 6.53. The van der Waals surface area contributed by atoms with Crippen LogP contribution in [0.25, 0.3) is 0 Å². The molecule has 1 unspecified atom stereocenters. The van der Waals surface area contributed by atoms with Crippen molar-refractivity contribution in [1.82, 2.24) is 14.9 Å². The number of pyridine rings is 2. The fourth-order valence-corrected chi connectivity index (χ4v) is 3.15. The number of rotatable bonds is 4. The van der Waals surface area contributed by atoms with Crippen molar-refractivity contribution in [3.8, 4) is 0 Å². The number of nitrogens with zero attached hydrogens (tertiary/aromatic N) is 4. The van der Waals surface area contributed by atoms with Gasteiger partial charge in [0.15, 0.2) is 0 Å². The molecule has 1 aliphatic heterocycles. The molecule has 1 atom stereocenters. The third-order valence-corrected chi connectivity index (χ3v) is 4.74. The topological polar surface area (TPSA) is 73.4 Å². The Bertz CT molecular complexity index is 744. The number of hydrogen-bond acceptors (Lipinski definition) is 5. The number of aromatic nitrogens is 2. The standard InChI is InChI=1S/C20H28N6O/c1-15-6-8-18(21-13-15)24-20(27)26-11-4-5-16(10-12-26)23-17-7-9-19(22-14-17)25(2)3/h6-9,13-14,16,23H,4-5,10-12H2,1-3H3,(H,21,24,27). The molecule has 0 bridgehead atoms. The Kier molecular flexibility index (Phi) is 6.11. The smallest absolute Gasteiger partial charge is 0.323 e. The normalized spacial score (nSPS) is 17.1. The molecule has 27 heavy (non-hydrogen) atoms. The summed E-state index contributed by atoms with van der Waals surface area (Å²) in [5.74, 6) is 1.53. The van der Waals surface area contributed by atoms with Crippen molar-refractivity contribution in [3.63, 3.8) is 0 Å². The minimum absolute atomic E-state index is 0.0796. The van der Waals surface area contributed by atoms with E-state index in [1.807, 2.05) is 55.2 Å². The van der Waals surface area contributed by atoms with Gasteiger partial charge in [0.05, 0.1) is 11.9 Å². The molecule has 0 aromatic carbocycles. The molecule has 0 aliphatic carbocycles. The molecule has 2 aromatic heterocycles. The lowest BCUT2D eigenvalue weighted by Gasteiger charge is -2.21. The second kappa shape index (κ2) is 8.70. The number of carbonyl (C=O) groups excluding carboxylic acids is 1. The van der Waals surface area contributed by atoms with E-state index in [-0.39, 0.29) is 6.03 Å². The zero-order valence-electron chi connectivity index (χ0n) is 16.3. The average molecular weight is 368 g/mol. The van der Waals surface area contributed by atoms with Crippen LogP contribution in [-0.4, -0.2) is 54.1 Å². The van der Waals surface area contributed by atoms with Crippen LogP contribution in [0.4, 0.5) is 22.1 Å². The quantitative estimate of drug-likeness (QED) is 0.866. The first kappa shape index (κ1) is 18.9. The number of likely N-dealkylation sites (tertiary alicyclic amines) is 1. The van der Waals surface area contributed by atoms with Crippen LogP contribution in [0, 0.1) is 6.92 Å². The number of amides is 2. The van der Waals surface area contributed by atoms with Crippen molar-refractivity contribution < 1.29 is 4.79 Å². The third-order valence-electron chi connectivity index (χ3n) is 4.74. The lowest BCUT2D eigenvalue weighted by atomic mass is 10.1. The summed E-state index contributed by atoms with van der Waals surface area (Å²) in [5, 5.41) is 6.44. The fourth-order valence-electron chi connectivity index (χ4n) is 3.15. The summed E-state index contributed by atoms with van der Waals surface area (Å²) in [4.78, 5) is 25.1. The van der Waals surface area contributed by atoms with Gasteiger partial charge in [-0.25, -0.2) is 14.8 Å². The number of carbonyl (C=O) groups is 1. The Morgan fingerprint density at radius 2 is 1.96 bits per heavy atom. The molecule has 144 valence electrons. The molecule has 2 N–H and O–H groups in total. The fraction of sp³-hybridized carbons (Fsp3) is 0.450. The van der Waals surface area contributed by atoms with Crippen LogP contribution >= 0.6 is 0 Å². The first-order chi connectivity index (χ1) is 13.0. The molecule has 1 fully saturated rings. The number of nitrogens with one attached hydrogen (secondary N) is 2. The van der Waals surface area contributed by atoms with Crippen molar-refractivity contribution in [2.24, 2.45) is 0 Å². The summed E-state index contributed by atoms with van der Waals surface area (Å²) in [6, 6.07) is 8.10. The van der Waals surface area contributed by atoms with Gasteiger partial charge in [-0.2, -0.15) is 0 Å². The van der Waals surface area contributed by atoms with E-state index in [4.69, 9.17) is 0 Å². The molecule has 2 amide bonds. The minimum atomic E-state index is -0.0796. The van der Waals surface area contributed by atoms with Crippen LogP contribution < -0.4 is 15.5 Å². The lowest BCUT2D eigenvalue weighted by molar-refractivity contribution is 0.213. The van der Waals surface area contributed by atoms with E-state index >= 15 is 0 Å². The van der Waals surface area contributed by atoms with Gasteiger partial charge in [0.25, 0.3) is 0 Å². The molecule has 0 spiro atoms. The van der Waals surface area contributed by atoms with Crippen LogP contribution in [0.3, 0.4) is 0 Å². The molecule has 1 saturated heterocycles. The van der Waals surface area contributed by atoms with Crippen LogP contribution in [0.1, 0.15) is 24.8 Å². The number of aryl methyl sites for hydroxylation is 1. The van der Waals surface area contributed by atoms with Gasteiger partial charge >= 0.3 is 6.03 Å². The summed E-state index contributed by atoms with van der Waals surface area (Å²) in [6.45, 7) is 3.45. The van der Waals surface area contributed by atoms with Gasteiger partial charge < -0.3 is 15.1 Å². The minimum Gasteiger partial charge on any atom is -0.381 e. The van der Waals surface area contributed by atoms with E-state index in [0.29, 0.717) is 11.9 Å². The predicted octanol–water partition coefficient (Wildman–Crippen LogP) is 3.35. The summed E-state index contributed by atoms with van der Waals surface area (Å²) in [7, 11) is 3.96. The van der Waals surface area contributed by atoms with E-state index in [1.165, 1.54) is 0 Å². The second-order valence-corrected chi connectivity index (χ2v) is 7.21. The largest absolute Gasteiger partial charge is 0.381 e. The highest BCUT2D eigenvalue weighted by Gasteiger charge is 2.21. The molecule has 3 heterocycles. The van der Waals surface area contributed by atoms with Gasteiger partial charge in [-0.05, 0) is 49.9 Å². The molecule has 7 nitrogen and oxygen atoms in total. The van der Waals surface area contributed by atoms with Crippen LogP contribution in [0.5, 0.6) is 0 Å². The third kappa shape index (κ3) is 5.32. The molecule has 3 rings (SSSR count). The van der Waals surface area contributed by atoms with E-state index in [0.717, 1.165) is 49.4 Å². The van der Waals surface area contributed by atoms with E-state index in [9.17, 15) is 4.79 Å². The SMILES string of the molecule is Cc1ccc(NC(=O)N2CCCC(Nc3ccc(N(C)C)nc3)CC2)nc1. The highest BCUT2D eigenvalue weighted by Crippen LogP contribution is 2.19. The Morgan fingerprint density at radius 1 is 1.11 bits per heavy atom. The van der Waals surface area contributed by atoms with Crippen molar-refractivity contribution in [2.75, 3.05) is 42.7 Å². The van der Waals surface area contributed by atoms with Crippen molar-refractivity contribution in [2.45, 2.75) is 32.2 Å². The number of anilines is 3. The molecule has 0 saturated carbocycles. The summed E-state index contributed by atoms with van der Waals surface area (Å²) in [5.41, 5.74) is 2.09. The van der Waals surface area contributed by atoms with Crippen LogP contribution in [0.15, 0.2) is 36.7 Å². The molecular weight excluding hydrogens is 340 g/mol. The first-order valence-electron chi connectivity index (χ1n) is 9.40. The second-order valence-electron chi connectivity index (χ2n) is 7.21. The van der Waals surface area contributed by atoms with Crippen LogP contribution in [-0.2, 0) is 0 Å². The zero-order valence-corrected chi connectivity index (χ0v) is 16.3. The number of urea groups is 1. The van der Waals surface area contributed by atoms with Gasteiger partial charge in [-0.15, -0.1) is 0 Å². The monoisotopic (exact) mass is 368 g/mol. The van der Waals surface area contributed by atoms with Crippen molar-refractivity contribution in [1.29, 1.82) is 0 Å². The maximum absolute atomic E-state index is 12.5. The van der Waals surface area contributed by atoms with E-state index in [1.54, 1.807) is 6.20 Å².